The van der Waals surface area contributed by atoms with Crippen molar-refractivity contribution in [2.75, 3.05) is 6.61 Å². The van der Waals surface area contributed by atoms with Crippen LogP contribution in [-0.2, 0) is 0 Å². The van der Waals surface area contributed by atoms with Gasteiger partial charge < -0.3 is 9.84 Å². The summed E-state index contributed by atoms with van der Waals surface area (Å²) in [5.41, 5.74) is -0.441. The van der Waals surface area contributed by atoms with Crippen molar-refractivity contribution in [2.45, 2.75) is 19.4 Å². The number of ether oxygens (including phenoxy) is 1. The minimum Gasteiger partial charge on any atom is -0.482 e. The molecule has 0 aliphatic carbocycles. The highest BCUT2D eigenvalue weighted by Gasteiger charge is 2.19. The van der Waals surface area contributed by atoms with Gasteiger partial charge in [0.25, 0.3) is 0 Å². The van der Waals surface area contributed by atoms with Crippen molar-refractivity contribution < 1.29 is 19.2 Å². The van der Waals surface area contributed by atoms with E-state index >= 15 is 0 Å². The van der Waals surface area contributed by atoms with Gasteiger partial charge in [-0.1, -0.05) is 13.0 Å². The molecule has 1 N–H and O–H groups in total. The van der Waals surface area contributed by atoms with E-state index in [-0.39, 0.29) is 6.61 Å². The first-order valence-electron chi connectivity index (χ1n) is 4.80. The van der Waals surface area contributed by atoms with Gasteiger partial charge in [0.15, 0.2) is 5.82 Å². The van der Waals surface area contributed by atoms with Crippen molar-refractivity contribution in [3.8, 4) is 5.75 Å². The third-order valence-corrected chi connectivity index (χ3v) is 2.03. The molecule has 0 aliphatic rings. The van der Waals surface area contributed by atoms with Gasteiger partial charge in [0.2, 0.25) is 5.75 Å². The summed E-state index contributed by atoms with van der Waals surface area (Å²) in [6, 6.07) is 3.45. The molecule has 1 aromatic carbocycles. The van der Waals surface area contributed by atoms with Crippen LogP contribution in [0, 0.1) is 15.9 Å². The van der Waals surface area contributed by atoms with Crippen molar-refractivity contribution in [3.05, 3.63) is 34.1 Å². The summed E-state index contributed by atoms with van der Waals surface area (Å²) in [7, 11) is 0. The van der Waals surface area contributed by atoms with Crippen molar-refractivity contribution >= 4 is 5.69 Å². The highest BCUT2D eigenvalue weighted by Crippen LogP contribution is 2.29. The number of hydrogen-bond donors (Lipinski definition) is 1. The minimum absolute atomic E-state index is 0.168. The highest BCUT2D eigenvalue weighted by atomic mass is 19.1. The molecule has 0 radical (unpaired) electrons. The zero-order chi connectivity index (χ0) is 12.1. The SMILES string of the molecule is CCC(O)COc1c(F)cccc1[N+](=O)[O-]. The van der Waals surface area contributed by atoms with Crippen molar-refractivity contribution in [3.63, 3.8) is 0 Å². The molecule has 6 heteroatoms. The Kier molecular flexibility index (Phi) is 4.19. The molecule has 1 rings (SSSR count). The first-order chi connectivity index (χ1) is 7.56. The number of para-hydroxylation sites is 1. The fourth-order valence-electron chi connectivity index (χ4n) is 1.08. The quantitative estimate of drug-likeness (QED) is 0.618. The molecule has 0 saturated heterocycles. The number of nitrogens with zero attached hydrogens (tertiary/aromatic N) is 1. The molecule has 0 saturated carbocycles. The molecule has 88 valence electrons. The normalized spacial score (nSPS) is 12.2. The first-order valence-corrected chi connectivity index (χ1v) is 4.80. The van der Waals surface area contributed by atoms with Crippen LogP contribution >= 0.6 is 0 Å². The van der Waals surface area contributed by atoms with E-state index in [1.807, 2.05) is 0 Å². The smallest absolute Gasteiger partial charge is 0.314 e. The lowest BCUT2D eigenvalue weighted by molar-refractivity contribution is -0.386. The number of nitro groups is 1. The predicted molar refractivity (Wildman–Crippen MR) is 54.8 cm³/mol. The molecular weight excluding hydrogens is 217 g/mol. The number of halogens is 1. The van der Waals surface area contributed by atoms with E-state index in [1.165, 1.54) is 6.07 Å². The fourth-order valence-corrected chi connectivity index (χ4v) is 1.08. The monoisotopic (exact) mass is 229 g/mol. The summed E-state index contributed by atoms with van der Waals surface area (Å²) in [4.78, 5) is 9.86. The zero-order valence-electron chi connectivity index (χ0n) is 8.72. The molecule has 0 spiro atoms. The lowest BCUT2D eigenvalue weighted by atomic mass is 10.2. The average Bonchev–Trinajstić information content (AvgIpc) is 2.26. The molecule has 0 aliphatic heterocycles. The number of nitro benzene ring substituents is 1. The van der Waals surface area contributed by atoms with E-state index in [0.29, 0.717) is 6.42 Å². The van der Waals surface area contributed by atoms with Crippen LogP contribution in [0.1, 0.15) is 13.3 Å². The third-order valence-electron chi connectivity index (χ3n) is 2.03. The van der Waals surface area contributed by atoms with E-state index in [9.17, 15) is 19.6 Å². The Morgan fingerprint density at radius 1 is 1.62 bits per heavy atom. The average molecular weight is 229 g/mol. The number of aliphatic hydroxyl groups is 1. The molecule has 0 aromatic heterocycles. The topological polar surface area (TPSA) is 72.6 Å². The van der Waals surface area contributed by atoms with Gasteiger partial charge >= 0.3 is 5.69 Å². The van der Waals surface area contributed by atoms with E-state index in [1.54, 1.807) is 6.92 Å². The lowest BCUT2D eigenvalue weighted by Gasteiger charge is -2.10. The minimum atomic E-state index is -0.808. The second kappa shape index (κ2) is 5.41. The molecule has 0 bridgehead atoms. The van der Waals surface area contributed by atoms with Crippen LogP contribution in [0.25, 0.3) is 0 Å². The second-order valence-corrected chi connectivity index (χ2v) is 3.22. The molecule has 16 heavy (non-hydrogen) atoms. The molecule has 0 heterocycles. The molecule has 0 fully saturated rings. The van der Waals surface area contributed by atoms with Crippen LogP contribution in [-0.4, -0.2) is 22.7 Å². The lowest BCUT2D eigenvalue weighted by Crippen LogP contribution is -2.17. The zero-order valence-corrected chi connectivity index (χ0v) is 8.72. The van der Waals surface area contributed by atoms with E-state index < -0.39 is 28.3 Å². The number of rotatable bonds is 5. The van der Waals surface area contributed by atoms with Gasteiger partial charge in [0.1, 0.15) is 6.61 Å². The predicted octanol–water partition coefficient (Wildman–Crippen LogP) is 1.88. The molecule has 1 unspecified atom stereocenters. The molecule has 5 nitrogen and oxygen atoms in total. The third kappa shape index (κ3) is 2.90. The van der Waals surface area contributed by atoms with Crippen molar-refractivity contribution in [2.24, 2.45) is 0 Å². The molecular formula is C10H12FNO4. The van der Waals surface area contributed by atoms with E-state index in [0.717, 1.165) is 12.1 Å². The van der Waals surface area contributed by atoms with Gasteiger partial charge in [0, 0.05) is 6.07 Å². The Hall–Kier alpha value is -1.69. The molecule has 1 aromatic rings. The first kappa shape index (κ1) is 12.4. The maximum absolute atomic E-state index is 13.3. The van der Waals surface area contributed by atoms with Gasteiger partial charge in [0.05, 0.1) is 11.0 Å². The summed E-state index contributed by atoms with van der Waals surface area (Å²) < 4.78 is 18.2. The summed E-state index contributed by atoms with van der Waals surface area (Å²) in [6.45, 7) is 1.56. The Bertz CT molecular complexity index is 383. The van der Waals surface area contributed by atoms with Gasteiger partial charge in [-0.2, -0.15) is 0 Å². The van der Waals surface area contributed by atoms with Gasteiger partial charge in [-0.25, -0.2) is 4.39 Å². The number of benzene rings is 1. The van der Waals surface area contributed by atoms with Crippen LogP contribution in [0.3, 0.4) is 0 Å². The molecule has 1 atom stereocenters. The Morgan fingerprint density at radius 3 is 2.88 bits per heavy atom. The number of hydrogen-bond acceptors (Lipinski definition) is 4. The summed E-state index contributed by atoms with van der Waals surface area (Å²) in [5, 5.41) is 19.8. The molecule has 0 amide bonds. The Balaban J connectivity index is 2.88. The Labute approximate surface area is 91.6 Å². The van der Waals surface area contributed by atoms with E-state index in [4.69, 9.17) is 4.74 Å². The summed E-state index contributed by atoms with van der Waals surface area (Å²) >= 11 is 0. The number of aliphatic hydroxyl groups excluding tert-OH is 1. The maximum Gasteiger partial charge on any atom is 0.314 e. The standard InChI is InChI=1S/C10H12FNO4/c1-2-7(13)6-16-10-8(11)4-3-5-9(10)12(14)15/h3-5,7,13H,2,6H2,1H3. The van der Waals surface area contributed by atoms with Crippen molar-refractivity contribution in [1.82, 2.24) is 0 Å². The summed E-state index contributed by atoms with van der Waals surface area (Å²) in [5.74, 6) is -1.24. The highest BCUT2D eigenvalue weighted by molar-refractivity contribution is 5.46. The van der Waals surface area contributed by atoms with Gasteiger partial charge in [-0.05, 0) is 12.5 Å². The largest absolute Gasteiger partial charge is 0.482 e. The fraction of sp³-hybridized carbons (Fsp3) is 0.400. The summed E-state index contributed by atoms with van der Waals surface area (Å²) in [6.07, 6.45) is -0.332. The van der Waals surface area contributed by atoms with E-state index in [2.05, 4.69) is 0 Å². The van der Waals surface area contributed by atoms with Gasteiger partial charge in [-0.3, -0.25) is 10.1 Å². The van der Waals surface area contributed by atoms with Crippen LogP contribution < -0.4 is 4.74 Å². The maximum atomic E-state index is 13.3. The van der Waals surface area contributed by atoms with Gasteiger partial charge in [-0.15, -0.1) is 0 Å². The second-order valence-electron chi connectivity index (χ2n) is 3.22. The van der Waals surface area contributed by atoms with Crippen LogP contribution in [0.2, 0.25) is 0 Å². The van der Waals surface area contributed by atoms with Crippen molar-refractivity contribution in [1.29, 1.82) is 0 Å². The Morgan fingerprint density at radius 2 is 2.31 bits per heavy atom. The van der Waals surface area contributed by atoms with Crippen LogP contribution in [0.4, 0.5) is 10.1 Å². The van der Waals surface area contributed by atoms with Crippen LogP contribution in [0.5, 0.6) is 5.75 Å². The van der Waals surface area contributed by atoms with Crippen LogP contribution in [0.15, 0.2) is 18.2 Å².